The van der Waals surface area contributed by atoms with Gasteiger partial charge >= 0.3 is 6.18 Å². The number of nitrogens with one attached hydrogen (secondary N) is 2. The Morgan fingerprint density at radius 1 is 1.05 bits per heavy atom. The van der Waals surface area contributed by atoms with Gasteiger partial charge in [0, 0.05) is 36.2 Å². The molecule has 1 aliphatic rings. The van der Waals surface area contributed by atoms with Crippen LogP contribution >= 0.6 is 0 Å². The lowest BCUT2D eigenvalue weighted by Gasteiger charge is -2.23. The van der Waals surface area contributed by atoms with Crippen LogP contribution < -0.4 is 10.6 Å². The van der Waals surface area contributed by atoms with E-state index in [0.717, 1.165) is 15.6 Å². The first-order chi connectivity index (χ1) is 20.8. The van der Waals surface area contributed by atoms with Crippen molar-refractivity contribution in [2.24, 2.45) is 12.5 Å². The second kappa shape index (κ2) is 10.2. The average Bonchev–Trinajstić information content (AvgIpc) is 3.52. The first kappa shape index (κ1) is 28.9. The maximum absolute atomic E-state index is 14.0. The van der Waals surface area contributed by atoms with Crippen LogP contribution in [0.15, 0.2) is 48.9 Å². The summed E-state index contributed by atoms with van der Waals surface area (Å²) in [6.45, 7) is 6.73. The van der Waals surface area contributed by atoms with Gasteiger partial charge in [0.05, 0.1) is 46.3 Å². The highest BCUT2D eigenvalue weighted by Gasteiger charge is 2.66. The zero-order valence-corrected chi connectivity index (χ0v) is 24.5. The molecule has 0 bridgehead atoms. The van der Waals surface area contributed by atoms with Gasteiger partial charge in [0.1, 0.15) is 17.8 Å². The summed E-state index contributed by atoms with van der Waals surface area (Å²) in [5.74, 6) is 0. The Balaban J connectivity index is 1.51. The first-order valence-electron chi connectivity index (χ1n) is 14.0. The van der Waals surface area contributed by atoms with Crippen molar-refractivity contribution in [2.75, 3.05) is 17.2 Å². The smallest absolute Gasteiger partial charge is 0.383 e. The van der Waals surface area contributed by atoms with Crippen LogP contribution in [0.1, 0.15) is 62.0 Å². The van der Waals surface area contributed by atoms with Crippen LogP contribution in [0.3, 0.4) is 0 Å². The number of rotatable bonds is 7. The van der Waals surface area contributed by atoms with Gasteiger partial charge in [0.25, 0.3) is 0 Å². The molecular weight excluding hydrogens is 569 g/mol. The summed E-state index contributed by atoms with van der Waals surface area (Å²) < 4.78 is 44.5. The number of hydrogen-bond donors (Lipinski definition) is 2. The van der Waals surface area contributed by atoms with Gasteiger partial charge in [-0.1, -0.05) is 38.1 Å². The number of alkyl halides is 3. The summed E-state index contributed by atoms with van der Waals surface area (Å²) in [6, 6.07) is 12.6. The van der Waals surface area contributed by atoms with Crippen LogP contribution in [0.4, 0.5) is 24.5 Å². The number of aromatic nitrogens is 6. The van der Waals surface area contributed by atoms with Gasteiger partial charge in [-0.15, -0.1) is 5.10 Å². The Hall–Kier alpha value is -5.17. The van der Waals surface area contributed by atoms with Crippen molar-refractivity contribution in [1.82, 2.24) is 29.8 Å². The summed E-state index contributed by atoms with van der Waals surface area (Å²) in [5.41, 5.74) is 1.69. The van der Waals surface area contributed by atoms with E-state index in [1.54, 1.807) is 30.1 Å². The monoisotopic (exact) mass is 598 g/mol. The third-order valence-electron chi connectivity index (χ3n) is 7.95. The molecule has 1 saturated carbocycles. The van der Waals surface area contributed by atoms with Crippen LogP contribution in [-0.4, -0.2) is 42.5 Å². The molecule has 10 nitrogen and oxygen atoms in total. The molecule has 0 unspecified atom stereocenters. The van der Waals surface area contributed by atoms with Gasteiger partial charge in [-0.3, -0.25) is 9.67 Å². The van der Waals surface area contributed by atoms with Crippen molar-refractivity contribution in [2.45, 2.75) is 51.4 Å². The van der Waals surface area contributed by atoms with E-state index < -0.39 is 17.8 Å². The first-order valence-corrected chi connectivity index (χ1v) is 14.0. The molecule has 0 spiro atoms. The van der Waals surface area contributed by atoms with Crippen molar-refractivity contribution < 1.29 is 13.2 Å². The molecule has 1 fully saturated rings. The van der Waals surface area contributed by atoms with Crippen LogP contribution in [0.25, 0.3) is 21.8 Å². The third-order valence-corrected chi connectivity index (χ3v) is 7.95. The number of hydrogen-bond acceptors (Lipinski definition) is 8. The van der Waals surface area contributed by atoms with E-state index in [2.05, 4.69) is 63.9 Å². The maximum atomic E-state index is 14.0. The number of nitriles is 2. The lowest BCUT2D eigenvalue weighted by atomic mass is 9.96. The molecule has 0 radical (unpaired) electrons. The quantitative estimate of drug-likeness (QED) is 0.227. The lowest BCUT2D eigenvalue weighted by molar-refractivity contribution is -0.182. The summed E-state index contributed by atoms with van der Waals surface area (Å²) in [7, 11) is 1.80. The molecule has 0 amide bonds. The van der Waals surface area contributed by atoms with E-state index in [4.69, 9.17) is 0 Å². The highest BCUT2D eigenvalue weighted by Crippen LogP contribution is 2.55. The predicted molar refractivity (Wildman–Crippen MR) is 159 cm³/mol. The van der Waals surface area contributed by atoms with Gasteiger partial charge < -0.3 is 10.6 Å². The lowest BCUT2D eigenvalue weighted by Crippen LogP contribution is -2.35. The largest absolute Gasteiger partial charge is 0.413 e. The second-order valence-electron chi connectivity index (χ2n) is 12.3. The number of pyridine rings is 1. The Kier molecular flexibility index (Phi) is 6.72. The molecule has 0 saturated heterocycles. The number of aryl methyl sites for hydroxylation is 1. The fourth-order valence-electron chi connectivity index (χ4n) is 5.41. The van der Waals surface area contributed by atoms with Crippen molar-refractivity contribution in [3.05, 3.63) is 71.3 Å². The minimum absolute atomic E-state index is 0.0651. The molecule has 3 aromatic heterocycles. The van der Waals surface area contributed by atoms with Gasteiger partial charge in [0.15, 0.2) is 5.54 Å². The van der Waals surface area contributed by atoms with Crippen LogP contribution in [-0.2, 0) is 12.6 Å². The minimum atomic E-state index is -4.47. The van der Waals surface area contributed by atoms with E-state index in [-0.39, 0.29) is 29.5 Å². The molecular formula is C31H29F3N10. The Labute approximate surface area is 251 Å². The molecule has 224 valence electrons. The summed E-state index contributed by atoms with van der Waals surface area (Å²) in [5, 5.41) is 40.6. The van der Waals surface area contributed by atoms with E-state index in [1.807, 2.05) is 18.2 Å². The minimum Gasteiger partial charge on any atom is -0.383 e. The fourth-order valence-corrected chi connectivity index (χ4v) is 5.41. The molecule has 44 heavy (non-hydrogen) atoms. The van der Waals surface area contributed by atoms with Crippen LogP contribution in [0.2, 0.25) is 0 Å². The highest BCUT2D eigenvalue weighted by atomic mass is 19.4. The molecule has 2 aromatic carbocycles. The van der Waals surface area contributed by atoms with E-state index >= 15 is 0 Å². The van der Waals surface area contributed by atoms with Crippen molar-refractivity contribution in [1.29, 1.82) is 10.5 Å². The fraction of sp³-hybridized carbons (Fsp3) is 0.355. The maximum Gasteiger partial charge on any atom is 0.413 e. The highest BCUT2D eigenvalue weighted by molar-refractivity contribution is 5.99. The Bertz CT molecular complexity index is 1980. The summed E-state index contributed by atoms with van der Waals surface area (Å²) in [4.78, 5) is 4.41. The molecule has 0 aliphatic heterocycles. The topological polar surface area (TPSA) is 133 Å². The number of fused-ring (bicyclic) bond motifs is 2. The molecule has 1 atom stereocenters. The number of halogens is 3. The Morgan fingerprint density at radius 2 is 1.80 bits per heavy atom. The van der Waals surface area contributed by atoms with Gasteiger partial charge in [-0.2, -0.15) is 28.8 Å². The number of nitrogens with zero attached hydrogens (tertiary/aromatic N) is 8. The zero-order chi connectivity index (χ0) is 31.4. The molecule has 1 aliphatic carbocycles. The third kappa shape index (κ3) is 4.94. The zero-order valence-electron chi connectivity index (χ0n) is 24.5. The summed E-state index contributed by atoms with van der Waals surface area (Å²) >= 11 is 0. The number of benzene rings is 2. The van der Waals surface area contributed by atoms with E-state index in [9.17, 15) is 23.7 Å². The molecule has 13 heteroatoms. The molecule has 2 N–H and O–H groups in total. The van der Waals surface area contributed by atoms with Gasteiger partial charge in [-0.05, 0) is 42.0 Å². The van der Waals surface area contributed by atoms with Crippen LogP contribution in [0, 0.1) is 28.1 Å². The van der Waals surface area contributed by atoms with Gasteiger partial charge in [-0.25, -0.2) is 4.68 Å². The van der Waals surface area contributed by atoms with Crippen molar-refractivity contribution in [3.63, 3.8) is 0 Å². The number of anilines is 2. The predicted octanol–water partition coefficient (Wildman–Crippen LogP) is 6.17. The van der Waals surface area contributed by atoms with E-state index in [1.165, 1.54) is 12.4 Å². The van der Waals surface area contributed by atoms with E-state index in [0.29, 0.717) is 39.9 Å². The SMILES string of the molecule is Cn1ncc2c([C@H](Nc3cc(C#N)c4ncc(C#N)c(NCC(C)(C)C)c4c3)c3cn(C4(C(F)(F)F)CC4)nn3)cccc21. The normalized spacial score (nSPS) is 15.1. The van der Waals surface area contributed by atoms with Crippen molar-refractivity contribution >= 4 is 33.2 Å². The molecule has 5 aromatic rings. The van der Waals surface area contributed by atoms with Crippen LogP contribution in [0.5, 0.6) is 0 Å². The molecule has 3 heterocycles. The van der Waals surface area contributed by atoms with Gasteiger partial charge in [0.2, 0.25) is 0 Å². The Morgan fingerprint density at radius 3 is 2.45 bits per heavy atom. The summed E-state index contributed by atoms with van der Waals surface area (Å²) in [6.07, 6.45) is -0.118. The average molecular weight is 599 g/mol. The standard InChI is InChI=1S/C31H29F3N10/c1-29(2,3)17-38-27-19(13-36)14-37-26-18(12-35)10-20(11-22(26)27)40-28(21-6-5-7-25-23(21)15-39-43(25)4)24-16-44(42-41-24)30(8-9-30)31(32,33)34/h5-7,10-11,14-16,28,40H,8-9,17H2,1-4H3,(H,37,38)/t28-/m0/s1. The molecule has 6 rings (SSSR count). The second-order valence-corrected chi connectivity index (χ2v) is 12.3. The van der Waals surface area contributed by atoms with Crippen molar-refractivity contribution in [3.8, 4) is 12.1 Å².